The Morgan fingerprint density at radius 1 is 1.06 bits per heavy atom. The van der Waals surface area contributed by atoms with Gasteiger partial charge in [-0.25, -0.2) is 18.1 Å². The van der Waals surface area contributed by atoms with Crippen LogP contribution in [-0.2, 0) is 29.5 Å². The van der Waals surface area contributed by atoms with Crippen LogP contribution in [0, 0.1) is 18.3 Å². The van der Waals surface area contributed by atoms with Gasteiger partial charge in [-0.15, -0.1) is 11.3 Å². The number of sulfonamides is 1. The lowest BCUT2D eigenvalue weighted by Crippen LogP contribution is -2.48. The standard InChI is InChI=1S/C34H44F3N9O2S2/c1-21(45-13-9-25(10-14-45)43-50(4,47)48)19-46-26(18-38)15-28-22(2)23(5-6-30(28)46)20-44-11-7-24(8-12-44)40-31-29-16-27(17-34(35,36)37)49-32(29)42-33(39-3)41-31/h5-6,15-16,21,24-25,43H,7-14,17,19-20H2,1-4H3,(H2,39,40,41,42)/t21-/m0/s1. The highest BCUT2D eigenvalue weighted by atomic mass is 32.2. The van der Waals surface area contributed by atoms with Crippen molar-refractivity contribution in [2.24, 2.45) is 0 Å². The largest absolute Gasteiger partial charge is 0.393 e. The van der Waals surface area contributed by atoms with E-state index in [4.69, 9.17) is 0 Å². The molecule has 0 unspecified atom stereocenters. The Hall–Kier alpha value is -3.49. The highest BCUT2D eigenvalue weighted by Crippen LogP contribution is 2.35. The van der Waals surface area contributed by atoms with Gasteiger partial charge in [0.1, 0.15) is 22.4 Å². The van der Waals surface area contributed by atoms with Crippen LogP contribution < -0.4 is 15.4 Å². The Balaban J connectivity index is 1.09. The molecule has 0 bridgehead atoms. The predicted molar refractivity (Wildman–Crippen MR) is 192 cm³/mol. The number of hydrogen-bond acceptors (Lipinski definition) is 10. The summed E-state index contributed by atoms with van der Waals surface area (Å²) in [7, 11) is -1.53. The molecule has 3 aromatic heterocycles. The summed E-state index contributed by atoms with van der Waals surface area (Å²) in [6, 6.07) is 10.5. The van der Waals surface area contributed by atoms with Crippen molar-refractivity contribution in [3.8, 4) is 6.07 Å². The lowest BCUT2D eigenvalue weighted by Gasteiger charge is -2.36. The summed E-state index contributed by atoms with van der Waals surface area (Å²) in [6.07, 6.45) is -0.843. The van der Waals surface area contributed by atoms with E-state index in [0.717, 1.165) is 86.2 Å². The van der Waals surface area contributed by atoms with E-state index >= 15 is 0 Å². The zero-order chi connectivity index (χ0) is 35.8. The zero-order valence-corrected chi connectivity index (χ0v) is 30.4. The lowest BCUT2D eigenvalue weighted by atomic mass is 10.0. The molecule has 1 aromatic carbocycles. The molecule has 4 aromatic rings. The first kappa shape index (κ1) is 36.3. The highest BCUT2D eigenvalue weighted by Gasteiger charge is 2.30. The maximum Gasteiger partial charge on any atom is 0.393 e. The summed E-state index contributed by atoms with van der Waals surface area (Å²) in [5, 5.41) is 18.2. The van der Waals surface area contributed by atoms with Crippen molar-refractivity contribution >= 4 is 54.2 Å². The molecule has 0 amide bonds. The van der Waals surface area contributed by atoms with Crippen molar-refractivity contribution in [1.82, 2.24) is 29.1 Å². The molecule has 0 radical (unpaired) electrons. The van der Waals surface area contributed by atoms with Crippen LogP contribution in [0.2, 0.25) is 0 Å². The van der Waals surface area contributed by atoms with Gasteiger partial charge in [-0.1, -0.05) is 6.07 Å². The topological polar surface area (TPSA) is 131 Å². The number of aromatic nitrogens is 3. The summed E-state index contributed by atoms with van der Waals surface area (Å²) in [5.41, 5.74) is 4.04. The summed E-state index contributed by atoms with van der Waals surface area (Å²) in [6.45, 7) is 9.02. The summed E-state index contributed by atoms with van der Waals surface area (Å²) in [4.78, 5) is 14.5. The van der Waals surface area contributed by atoms with Crippen molar-refractivity contribution in [2.75, 3.05) is 50.1 Å². The fourth-order valence-electron chi connectivity index (χ4n) is 7.27. The van der Waals surface area contributed by atoms with E-state index in [9.17, 15) is 26.9 Å². The summed E-state index contributed by atoms with van der Waals surface area (Å²) in [5.74, 6) is 0.931. The number of nitrogens with one attached hydrogen (secondary N) is 3. The number of likely N-dealkylation sites (tertiary alicyclic amines) is 2. The number of hydrogen-bond donors (Lipinski definition) is 3. The first-order valence-corrected chi connectivity index (χ1v) is 19.7. The normalized spacial score (nSPS) is 18.1. The number of aryl methyl sites for hydroxylation is 1. The number of benzene rings is 1. The summed E-state index contributed by atoms with van der Waals surface area (Å²) >= 11 is 1.05. The maximum atomic E-state index is 13.1. The molecule has 0 saturated carbocycles. The number of nitrogens with zero attached hydrogens (tertiary/aromatic N) is 6. The molecule has 6 rings (SSSR count). The first-order valence-electron chi connectivity index (χ1n) is 17.0. The van der Waals surface area contributed by atoms with Crippen LogP contribution in [0.3, 0.4) is 0 Å². The second-order valence-corrected chi connectivity index (χ2v) is 16.5. The number of thiophene rings is 1. The highest BCUT2D eigenvalue weighted by molar-refractivity contribution is 7.88. The van der Waals surface area contributed by atoms with E-state index < -0.39 is 22.6 Å². The van der Waals surface area contributed by atoms with Crippen LogP contribution in [-0.4, -0.2) is 96.5 Å². The number of alkyl halides is 3. The minimum absolute atomic E-state index is 0.0380. The van der Waals surface area contributed by atoms with Crippen molar-refractivity contribution in [2.45, 2.75) is 83.3 Å². The molecule has 2 saturated heterocycles. The Bertz CT molecular complexity index is 1990. The van der Waals surface area contributed by atoms with Crippen molar-refractivity contribution in [3.63, 3.8) is 0 Å². The molecule has 5 heterocycles. The maximum absolute atomic E-state index is 13.1. The van der Waals surface area contributed by atoms with Gasteiger partial charge in [0.05, 0.1) is 18.1 Å². The monoisotopic (exact) mass is 731 g/mol. The average molecular weight is 732 g/mol. The Labute approximate surface area is 294 Å². The van der Waals surface area contributed by atoms with E-state index in [0.29, 0.717) is 34.2 Å². The summed E-state index contributed by atoms with van der Waals surface area (Å²) < 4.78 is 67.4. The molecular weight excluding hydrogens is 688 g/mol. The van der Waals surface area contributed by atoms with Crippen molar-refractivity contribution in [3.05, 3.63) is 46.0 Å². The number of fused-ring (bicyclic) bond motifs is 2. The molecule has 1 atom stereocenters. The lowest BCUT2D eigenvalue weighted by molar-refractivity contribution is -0.126. The Kier molecular flexibility index (Phi) is 10.6. The van der Waals surface area contributed by atoms with Crippen LogP contribution in [0.5, 0.6) is 0 Å². The third-order valence-electron chi connectivity index (χ3n) is 9.93. The quantitative estimate of drug-likeness (QED) is 0.184. The molecule has 50 heavy (non-hydrogen) atoms. The van der Waals surface area contributed by atoms with Gasteiger partial charge in [-0.3, -0.25) is 9.80 Å². The van der Waals surface area contributed by atoms with Crippen LogP contribution in [0.15, 0.2) is 24.3 Å². The van der Waals surface area contributed by atoms with E-state index in [2.05, 4.69) is 71.7 Å². The van der Waals surface area contributed by atoms with Crippen LogP contribution in [0.4, 0.5) is 24.9 Å². The minimum Gasteiger partial charge on any atom is -0.367 e. The van der Waals surface area contributed by atoms with Crippen LogP contribution in [0.25, 0.3) is 21.1 Å². The Morgan fingerprint density at radius 2 is 1.76 bits per heavy atom. The van der Waals surface area contributed by atoms with E-state index in [-0.39, 0.29) is 23.0 Å². The smallest absolute Gasteiger partial charge is 0.367 e. The van der Waals surface area contributed by atoms with Gasteiger partial charge in [0.15, 0.2) is 0 Å². The first-order chi connectivity index (χ1) is 23.7. The third kappa shape index (κ3) is 8.51. The zero-order valence-electron chi connectivity index (χ0n) is 28.8. The fourth-order valence-corrected chi connectivity index (χ4v) is 9.17. The Morgan fingerprint density at radius 3 is 2.40 bits per heavy atom. The van der Waals surface area contributed by atoms with Gasteiger partial charge in [0, 0.05) is 80.2 Å². The van der Waals surface area contributed by atoms with E-state index in [1.807, 2.05) is 6.07 Å². The molecule has 0 spiro atoms. The molecule has 270 valence electrons. The number of rotatable bonds is 11. The average Bonchev–Trinajstić information content (AvgIpc) is 3.62. The molecule has 2 aliphatic rings. The van der Waals surface area contributed by atoms with Crippen molar-refractivity contribution in [1.29, 1.82) is 5.26 Å². The molecule has 16 heteroatoms. The number of nitriles is 1. The number of piperidine rings is 2. The second-order valence-electron chi connectivity index (χ2n) is 13.6. The minimum atomic E-state index is -4.29. The SMILES string of the molecule is CNc1nc(NC2CCN(Cc3ccc4c(cc(C#N)n4C[C@H](C)N4CCC(NS(C)(=O)=O)CC4)c3C)CC2)c2cc(CC(F)(F)F)sc2n1. The second kappa shape index (κ2) is 14.6. The van der Waals surface area contributed by atoms with Gasteiger partial charge < -0.3 is 15.2 Å². The fraction of sp³-hybridized carbons (Fsp3) is 0.559. The van der Waals surface area contributed by atoms with Gasteiger partial charge in [0.25, 0.3) is 0 Å². The van der Waals surface area contributed by atoms with Gasteiger partial charge in [-0.05, 0) is 68.9 Å². The molecular formula is C34H44F3N9O2S2. The predicted octanol–water partition coefficient (Wildman–Crippen LogP) is 5.45. The van der Waals surface area contributed by atoms with Crippen LogP contribution in [0.1, 0.15) is 54.3 Å². The molecule has 2 aliphatic heterocycles. The van der Waals surface area contributed by atoms with Gasteiger partial charge in [0.2, 0.25) is 16.0 Å². The number of anilines is 2. The van der Waals surface area contributed by atoms with Gasteiger partial charge >= 0.3 is 6.18 Å². The van der Waals surface area contributed by atoms with E-state index in [1.54, 1.807) is 13.1 Å². The molecule has 0 aliphatic carbocycles. The number of halogens is 3. The van der Waals surface area contributed by atoms with Gasteiger partial charge in [-0.2, -0.15) is 23.4 Å². The molecule has 3 N–H and O–H groups in total. The van der Waals surface area contributed by atoms with Crippen molar-refractivity contribution < 1.29 is 21.6 Å². The van der Waals surface area contributed by atoms with Crippen LogP contribution >= 0.6 is 11.3 Å². The molecule has 2 fully saturated rings. The third-order valence-corrected chi connectivity index (χ3v) is 11.7. The molecule has 11 nitrogen and oxygen atoms in total. The van der Waals surface area contributed by atoms with E-state index in [1.165, 1.54) is 11.8 Å².